The quantitative estimate of drug-likeness (QED) is 0.758. The fourth-order valence-corrected chi connectivity index (χ4v) is 2.47. The Morgan fingerprint density at radius 2 is 1.80 bits per heavy atom. The first-order valence-corrected chi connectivity index (χ1v) is 7.42. The van der Waals surface area contributed by atoms with Crippen molar-refractivity contribution in [2.24, 2.45) is 5.92 Å². The number of esters is 1. The van der Waals surface area contributed by atoms with Crippen molar-refractivity contribution in [2.75, 3.05) is 19.6 Å². The molecule has 0 saturated carbocycles. The lowest BCUT2D eigenvalue weighted by atomic mass is 9.92. The van der Waals surface area contributed by atoms with Gasteiger partial charge >= 0.3 is 11.9 Å². The molecule has 5 nitrogen and oxygen atoms in total. The number of hydrogen-bond donors (Lipinski definition) is 1. The lowest BCUT2D eigenvalue weighted by molar-refractivity contribution is -0.155. The molecule has 116 valence electrons. The fourth-order valence-electron chi connectivity index (χ4n) is 2.47. The molecule has 1 saturated heterocycles. The highest BCUT2D eigenvalue weighted by atomic mass is 16.6. The maximum atomic E-state index is 11.6. The number of nitrogens with zero attached hydrogens (tertiary/aromatic N) is 1. The second-order valence-electron chi connectivity index (χ2n) is 6.55. The van der Waals surface area contributed by atoms with Crippen LogP contribution >= 0.6 is 0 Å². The van der Waals surface area contributed by atoms with Gasteiger partial charge in [0.1, 0.15) is 5.60 Å². The Labute approximate surface area is 121 Å². The van der Waals surface area contributed by atoms with Crippen LogP contribution in [0.3, 0.4) is 0 Å². The van der Waals surface area contributed by atoms with Crippen LogP contribution in [0, 0.1) is 5.92 Å². The summed E-state index contributed by atoms with van der Waals surface area (Å²) in [4.78, 5) is 24.4. The van der Waals surface area contributed by atoms with Gasteiger partial charge in [0.2, 0.25) is 0 Å². The van der Waals surface area contributed by atoms with Crippen LogP contribution in [0.25, 0.3) is 0 Å². The summed E-state index contributed by atoms with van der Waals surface area (Å²) in [5.41, 5.74) is -0.405. The summed E-state index contributed by atoms with van der Waals surface area (Å²) in [5, 5.41) is 8.66. The van der Waals surface area contributed by atoms with Crippen molar-refractivity contribution in [3.8, 4) is 0 Å². The van der Waals surface area contributed by atoms with Crippen LogP contribution in [0.2, 0.25) is 0 Å². The van der Waals surface area contributed by atoms with E-state index >= 15 is 0 Å². The van der Waals surface area contributed by atoms with E-state index in [4.69, 9.17) is 9.84 Å². The molecule has 1 aliphatic heterocycles. The second-order valence-corrected chi connectivity index (χ2v) is 6.55. The van der Waals surface area contributed by atoms with Gasteiger partial charge in [0.15, 0.2) is 0 Å². The van der Waals surface area contributed by atoms with Gasteiger partial charge in [-0.2, -0.15) is 0 Å². The van der Waals surface area contributed by atoms with Crippen LogP contribution in [-0.4, -0.2) is 47.2 Å². The predicted octanol–water partition coefficient (Wildman–Crippen LogP) is 2.29. The van der Waals surface area contributed by atoms with E-state index in [0.29, 0.717) is 18.9 Å². The molecule has 5 heteroatoms. The standard InChI is InChI=1S/C15H27NO4/c1-15(2,3)20-14(19)5-4-12-6-9-16(10-7-12)11-8-13(17)18/h12H,4-11H2,1-3H3,(H,17,18). The minimum Gasteiger partial charge on any atom is -0.481 e. The van der Waals surface area contributed by atoms with Gasteiger partial charge in [-0.25, -0.2) is 0 Å². The summed E-state index contributed by atoms with van der Waals surface area (Å²) in [6.07, 6.45) is 3.66. The summed E-state index contributed by atoms with van der Waals surface area (Å²) < 4.78 is 5.30. The summed E-state index contributed by atoms with van der Waals surface area (Å²) in [7, 11) is 0. The summed E-state index contributed by atoms with van der Waals surface area (Å²) in [6.45, 7) is 8.15. The van der Waals surface area contributed by atoms with Crippen molar-refractivity contribution in [3.63, 3.8) is 0 Å². The topological polar surface area (TPSA) is 66.8 Å². The van der Waals surface area contributed by atoms with Crippen LogP contribution in [0.5, 0.6) is 0 Å². The molecule has 0 aromatic heterocycles. The van der Waals surface area contributed by atoms with Crippen molar-refractivity contribution < 1.29 is 19.4 Å². The first-order chi connectivity index (χ1) is 9.26. The number of aliphatic carboxylic acids is 1. The van der Waals surface area contributed by atoms with E-state index in [1.807, 2.05) is 20.8 Å². The van der Waals surface area contributed by atoms with Gasteiger partial charge in [0.25, 0.3) is 0 Å². The van der Waals surface area contributed by atoms with Gasteiger partial charge in [-0.3, -0.25) is 9.59 Å². The maximum Gasteiger partial charge on any atom is 0.306 e. The van der Waals surface area contributed by atoms with Crippen molar-refractivity contribution in [1.82, 2.24) is 4.90 Å². The molecular formula is C15H27NO4. The number of carboxylic acid groups (broad SMARTS) is 1. The smallest absolute Gasteiger partial charge is 0.306 e. The largest absolute Gasteiger partial charge is 0.481 e. The van der Waals surface area contributed by atoms with E-state index in [0.717, 1.165) is 32.4 Å². The van der Waals surface area contributed by atoms with Crippen LogP contribution in [-0.2, 0) is 14.3 Å². The number of piperidine rings is 1. The zero-order chi connectivity index (χ0) is 15.2. The van der Waals surface area contributed by atoms with Crippen molar-refractivity contribution in [1.29, 1.82) is 0 Å². The fraction of sp³-hybridized carbons (Fsp3) is 0.867. The number of carboxylic acids is 1. The molecule has 0 aromatic carbocycles. The first-order valence-electron chi connectivity index (χ1n) is 7.42. The Hall–Kier alpha value is -1.10. The van der Waals surface area contributed by atoms with Gasteiger partial charge < -0.3 is 14.7 Å². The summed E-state index contributed by atoms with van der Waals surface area (Å²) >= 11 is 0. The predicted molar refractivity (Wildman–Crippen MR) is 76.5 cm³/mol. The highest BCUT2D eigenvalue weighted by molar-refractivity contribution is 5.69. The molecule has 1 N–H and O–H groups in total. The Balaban J connectivity index is 2.16. The highest BCUT2D eigenvalue weighted by Crippen LogP contribution is 2.22. The van der Waals surface area contributed by atoms with Gasteiger partial charge in [-0.05, 0) is 59.0 Å². The normalized spacial score (nSPS) is 17.9. The molecule has 1 heterocycles. The van der Waals surface area contributed by atoms with Crippen LogP contribution in [0.4, 0.5) is 0 Å². The maximum absolute atomic E-state index is 11.6. The molecule has 0 radical (unpaired) electrons. The molecular weight excluding hydrogens is 258 g/mol. The Kier molecular flexibility index (Phi) is 6.46. The number of rotatable bonds is 6. The number of ether oxygens (including phenoxy) is 1. The minimum absolute atomic E-state index is 0.120. The number of carbonyl (C=O) groups is 2. The van der Waals surface area contributed by atoms with E-state index in [-0.39, 0.29) is 12.4 Å². The molecule has 0 bridgehead atoms. The minimum atomic E-state index is -0.739. The van der Waals surface area contributed by atoms with E-state index in [9.17, 15) is 9.59 Å². The average molecular weight is 285 g/mol. The third-order valence-electron chi connectivity index (χ3n) is 3.53. The summed E-state index contributed by atoms with van der Waals surface area (Å²) in [5.74, 6) is -0.300. The molecule has 1 fully saturated rings. The Morgan fingerprint density at radius 3 is 2.30 bits per heavy atom. The average Bonchev–Trinajstić information content (AvgIpc) is 2.33. The van der Waals surface area contributed by atoms with Gasteiger partial charge in [0.05, 0.1) is 6.42 Å². The van der Waals surface area contributed by atoms with Crippen LogP contribution in [0.1, 0.15) is 52.9 Å². The molecule has 0 amide bonds. The molecule has 0 unspecified atom stereocenters. The van der Waals surface area contributed by atoms with Gasteiger partial charge in [-0.1, -0.05) is 0 Å². The third-order valence-corrected chi connectivity index (χ3v) is 3.53. The van der Waals surface area contributed by atoms with Crippen molar-refractivity contribution in [3.05, 3.63) is 0 Å². The summed E-state index contributed by atoms with van der Waals surface area (Å²) in [6, 6.07) is 0. The Morgan fingerprint density at radius 1 is 1.20 bits per heavy atom. The van der Waals surface area contributed by atoms with Crippen molar-refractivity contribution in [2.45, 2.75) is 58.5 Å². The number of carbonyl (C=O) groups excluding carboxylic acids is 1. The molecule has 0 atom stereocenters. The number of hydrogen-bond acceptors (Lipinski definition) is 4. The zero-order valence-corrected chi connectivity index (χ0v) is 12.9. The van der Waals surface area contributed by atoms with E-state index in [1.54, 1.807) is 0 Å². The second kappa shape index (κ2) is 7.62. The van der Waals surface area contributed by atoms with E-state index < -0.39 is 11.6 Å². The Bertz CT molecular complexity index is 327. The lowest BCUT2D eigenvalue weighted by Crippen LogP contribution is -2.35. The zero-order valence-electron chi connectivity index (χ0n) is 12.9. The molecule has 1 aliphatic rings. The molecule has 0 aliphatic carbocycles. The molecule has 0 spiro atoms. The number of likely N-dealkylation sites (tertiary alicyclic amines) is 1. The van der Waals surface area contributed by atoms with Gasteiger partial charge in [0, 0.05) is 13.0 Å². The highest BCUT2D eigenvalue weighted by Gasteiger charge is 2.22. The lowest BCUT2D eigenvalue weighted by Gasteiger charge is -2.31. The molecule has 0 aromatic rings. The van der Waals surface area contributed by atoms with Gasteiger partial charge in [-0.15, -0.1) is 0 Å². The van der Waals surface area contributed by atoms with Crippen LogP contribution < -0.4 is 0 Å². The third kappa shape index (κ3) is 7.48. The monoisotopic (exact) mass is 285 g/mol. The van der Waals surface area contributed by atoms with Crippen LogP contribution in [0.15, 0.2) is 0 Å². The molecule has 1 rings (SSSR count). The first kappa shape index (κ1) is 17.0. The van der Waals surface area contributed by atoms with E-state index in [1.165, 1.54) is 0 Å². The molecule has 20 heavy (non-hydrogen) atoms. The SMILES string of the molecule is CC(C)(C)OC(=O)CCC1CCN(CCC(=O)O)CC1. The van der Waals surface area contributed by atoms with Crippen molar-refractivity contribution >= 4 is 11.9 Å². The van der Waals surface area contributed by atoms with E-state index in [2.05, 4.69) is 4.90 Å².